The van der Waals surface area contributed by atoms with Crippen molar-refractivity contribution < 1.29 is 48.3 Å². The molecule has 0 saturated carbocycles. The van der Waals surface area contributed by atoms with Gasteiger partial charge in [0.2, 0.25) is 47.3 Å². The van der Waals surface area contributed by atoms with Crippen LogP contribution in [0.1, 0.15) is 104 Å². The van der Waals surface area contributed by atoms with Crippen LogP contribution in [0.2, 0.25) is 0 Å². The van der Waals surface area contributed by atoms with Gasteiger partial charge >= 0.3 is 5.97 Å². The van der Waals surface area contributed by atoms with E-state index in [1.54, 1.807) is 11.8 Å². The monoisotopic (exact) mass is 898 g/mol. The van der Waals surface area contributed by atoms with Crippen molar-refractivity contribution in [3.63, 3.8) is 0 Å². The van der Waals surface area contributed by atoms with Crippen molar-refractivity contribution >= 4 is 65.0 Å². The highest BCUT2D eigenvalue weighted by Gasteiger charge is 2.45. The standard InChI is InChI=1S/C40H71N11O10S/c1-5-23(2)32(49-33(53)24(3)45-34(54)25(43)16-21-62-4)39(59)51-20-11-15-30(51)38(58)50-19-10-14-29(50)37(57)47-27(13-7-9-18-42)35(55)46-26(12-6-8-17-41)36(56)48-28(40(60)61)22-31(44)52/h23-30,32H,5-22,41-43H2,1-4H3,(H2,44,52)(H,45,54)(H,46,55)(H,47,57)(H,48,56)(H,49,53)(H,60,61). The molecule has 2 saturated heterocycles. The lowest BCUT2D eigenvalue weighted by molar-refractivity contribution is -0.148. The van der Waals surface area contributed by atoms with Gasteiger partial charge in [-0.25, -0.2) is 4.79 Å². The summed E-state index contributed by atoms with van der Waals surface area (Å²) in [5.41, 5.74) is 22.5. The number of nitrogens with two attached hydrogens (primary N) is 4. The maximum atomic E-state index is 14.3. The van der Waals surface area contributed by atoms with Gasteiger partial charge in [-0.3, -0.25) is 38.4 Å². The fourth-order valence-electron chi connectivity index (χ4n) is 7.42. The first-order valence-electron chi connectivity index (χ1n) is 21.7. The number of nitrogens with one attached hydrogen (secondary N) is 5. The second kappa shape index (κ2) is 27.5. The molecular formula is C40H71N11O10S. The van der Waals surface area contributed by atoms with Crippen molar-refractivity contribution in [1.82, 2.24) is 36.4 Å². The minimum atomic E-state index is -1.63. The molecule has 0 aromatic heterocycles. The normalized spacial score (nSPS) is 19.5. The van der Waals surface area contributed by atoms with Crippen LogP contribution in [-0.4, -0.2) is 155 Å². The number of aliphatic carboxylic acids is 1. The summed E-state index contributed by atoms with van der Waals surface area (Å²) >= 11 is 1.54. The summed E-state index contributed by atoms with van der Waals surface area (Å²) in [5, 5.41) is 22.6. The number of carboxylic acids is 1. The molecule has 2 fully saturated rings. The molecule has 0 spiro atoms. The number of likely N-dealkylation sites (tertiary alicyclic amines) is 2. The van der Waals surface area contributed by atoms with Crippen molar-refractivity contribution in [2.75, 3.05) is 38.2 Å². The highest BCUT2D eigenvalue weighted by atomic mass is 32.2. The quantitative estimate of drug-likeness (QED) is 0.0372. The zero-order chi connectivity index (χ0) is 46.5. The van der Waals surface area contributed by atoms with Crippen molar-refractivity contribution in [2.45, 2.75) is 153 Å². The summed E-state index contributed by atoms with van der Waals surface area (Å²) in [4.78, 5) is 122. The number of carbonyl (C=O) groups is 9. The third kappa shape index (κ3) is 16.6. The largest absolute Gasteiger partial charge is 0.480 e. The Kier molecular flexibility index (Phi) is 23.8. The first-order valence-corrected chi connectivity index (χ1v) is 23.1. The molecule has 0 aromatic carbocycles. The van der Waals surface area contributed by atoms with Gasteiger partial charge in [0.15, 0.2) is 0 Å². The van der Waals surface area contributed by atoms with Gasteiger partial charge in [0.1, 0.15) is 42.3 Å². The maximum Gasteiger partial charge on any atom is 0.326 e. The highest BCUT2D eigenvalue weighted by molar-refractivity contribution is 7.98. The van der Waals surface area contributed by atoms with Crippen LogP contribution in [-0.2, 0) is 43.2 Å². The van der Waals surface area contributed by atoms with E-state index in [1.807, 2.05) is 20.1 Å². The fourth-order valence-corrected chi connectivity index (χ4v) is 7.91. The number of hydrogen-bond acceptors (Lipinski definition) is 13. The van der Waals surface area contributed by atoms with Crippen LogP contribution in [0.5, 0.6) is 0 Å². The average molecular weight is 898 g/mol. The molecule has 62 heavy (non-hydrogen) atoms. The first-order chi connectivity index (χ1) is 29.4. The SMILES string of the molecule is CCC(C)C(NC(=O)C(C)NC(=O)C(N)CCSC)C(=O)N1CCCC1C(=O)N1CCCC1C(=O)NC(CCCCN)C(=O)NC(CCCCN)C(=O)NC(CC(N)=O)C(=O)O. The van der Waals surface area contributed by atoms with Crippen LogP contribution in [0.25, 0.3) is 0 Å². The molecule has 8 amide bonds. The van der Waals surface area contributed by atoms with Crippen LogP contribution in [0.15, 0.2) is 0 Å². The van der Waals surface area contributed by atoms with Gasteiger partial charge in [-0.05, 0) is 109 Å². The van der Waals surface area contributed by atoms with Crippen molar-refractivity contribution in [1.29, 1.82) is 0 Å². The molecule has 0 bridgehead atoms. The average Bonchev–Trinajstić information content (AvgIpc) is 3.94. The van der Waals surface area contributed by atoms with E-state index in [1.165, 1.54) is 16.7 Å². The number of nitrogens with zero attached hydrogens (tertiary/aromatic N) is 2. The van der Waals surface area contributed by atoms with Gasteiger partial charge in [0.25, 0.3) is 0 Å². The van der Waals surface area contributed by atoms with Gasteiger partial charge in [-0.2, -0.15) is 11.8 Å². The number of amides is 8. The van der Waals surface area contributed by atoms with Crippen LogP contribution >= 0.6 is 11.8 Å². The summed E-state index contributed by atoms with van der Waals surface area (Å²) in [6.07, 6.45) is 5.82. The smallest absolute Gasteiger partial charge is 0.326 e. The van der Waals surface area contributed by atoms with E-state index in [9.17, 15) is 48.3 Å². The van der Waals surface area contributed by atoms with Crippen molar-refractivity contribution in [3.8, 4) is 0 Å². The van der Waals surface area contributed by atoms with Gasteiger partial charge in [-0.1, -0.05) is 20.3 Å². The van der Waals surface area contributed by atoms with Gasteiger partial charge in [0.05, 0.1) is 12.5 Å². The first kappa shape index (κ1) is 53.6. The third-order valence-corrected chi connectivity index (χ3v) is 12.0. The molecule has 9 atom stereocenters. The number of carboxylic acid groups (broad SMARTS) is 1. The lowest BCUT2D eigenvalue weighted by atomic mass is 9.97. The fraction of sp³-hybridized carbons (Fsp3) is 0.775. The predicted molar refractivity (Wildman–Crippen MR) is 232 cm³/mol. The Balaban J connectivity index is 2.26. The Labute approximate surface area is 368 Å². The lowest BCUT2D eigenvalue weighted by Crippen LogP contribution is -2.60. The molecule has 2 heterocycles. The van der Waals surface area contributed by atoms with Crippen molar-refractivity contribution in [3.05, 3.63) is 0 Å². The summed E-state index contributed by atoms with van der Waals surface area (Å²) in [7, 11) is 0. The molecule has 2 rings (SSSR count). The molecule has 352 valence electrons. The number of rotatable bonds is 28. The summed E-state index contributed by atoms with van der Waals surface area (Å²) in [6.45, 7) is 6.27. The van der Waals surface area contributed by atoms with E-state index in [2.05, 4.69) is 26.6 Å². The Morgan fingerprint density at radius 2 is 1.26 bits per heavy atom. The van der Waals surface area contributed by atoms with Gasteiger partial charge in [-0.15, -0.1) is 0 Å². The topological polar surface area (TPSA) is 345 Å². The predicted octanol–water partition coefficient (Wildman–Crippen LogP) is -2.24. The Morgan fingerprint density at radius 3 is 1.79 bits per heavy atom. The number of unbranched alkanes of at least 4 members (excludes halogenated alkanes) is 2. The number of hydrogen-bond donors (Lipinski definition) is 10. The Hall–Kier alpha value is -4.54. The molecule has 0 radical (unpaired) electrons. The molecular weight excluding hydrogens is 827 g/mol. The summed E-state index contributed by atoms with van der Waals surface area (Å²) in [6, 6.07) is -8.71. The van der Waals surface area contributed by atoms with E-state index in [0.717, 1.165) is 0 Å². The van der Waals surface area contributed by atoms with E-state index in [-0.39, 0.29) is 38.3 Å². The lowest BCUT2D eigenvalue weighted by Gasteiger charge is -2.35. The van der Waals surface area contributed by atoms with Crippen molar-refractivity contribution in [2.24, 2.45) is 28.9 Å². The molecule has 2 aliphatic rings. The minimum absolute atomic E-state index is 0.0764. The zero-order valence-corrected chi connectivity index (χ0v) is 37.5. The number of primary amides is 1. The summed E-state index contributed by atoms with van der Waals surface area (Å²) < 4.78 is 0. The van der Waals surface area contributed by atoms with Crippen LogP contribution in [0, 0.1) is 5.92 Å². The van der Waals surface area contributed by atoms with Gasteiger partial charge in [0, 0.05) is 13.1 Å². The highest BCUT2D eigenvalue weighted by Crippen LogP contribution is 2.27. The molecule has 2 aliphatic heterocycles. The molecule has 21 nitrogen and oxygen atoms in total. The van der Waals surface area contributed by atoms with Crippen LogP contribution in [0.4, 0.5) is 0 Å². The molecule has 9 unspecified atom stereocenters. The number of thioether (sulfide) groups is 1. The van der Waals surface area contributed by atoms with E-state index in [4.69, 9.17) is 22.9 Å². The molecule has 0 aromatic rings. The maximum absolute atomic E-state index is 14.3. The van der Waals surface area contributed by atoms with E-state index >= 15 is 0 Å². The van der Waals surface area contributed by atoms with E-state index in [0.29, 0.717) is 76.6 Å². The second-order valence-corrected chi connectivity index (χ2v) is 17.1. The molecule has 22 heteroatoms. The van der Waals surface area contributed by atoms with Crippen LogP contribution in [0.3, 0.4) is 0 Å². The van der Waals surface area contributed by atoms with Crippen LogP contribution < -0.4 is 49.5 Å². The Bertz CT molecular complexity index is 1560. The third-order valence-electron chi connectivity index (χ3n) is 11.3. The van der Waals surface area contributed by atoms with E-state index < -0.39 is 108 Å². The minimum Gasteiger partial charge on any atom is -0.480 e. The Morgan fingerprint density at radius 1 is 0.710 bits per heavy atom. The molecule has 0 aliphatic carbocycles. The molecule has 14 N–H and O–H groups in total. The summed E-state index contributed by atoms with van der Waals surface area (Å²) in [5.74, 6) is -6.25. The zero-order valence-electron chi connectivity index (χ0n) is 36.7. The van der Waals surface area contributed by atoms with Gasteiger partial charge < -0.3 is 64.4 Å². The second-order valence-electron chi connectivity index (χ2n) is 16.1. The number of carbonyl (C=O) groups excluding carboxylic acids is 8.